The number of fused-ring (bicyclic) bond motifs is 1. The average molecular weight is 495 g/mol. The van der Waals surface area contributed by atoms with Crippen molar-refractivity contribution in [3.05, 3.63) is 10.6 Å². The molecular formula is C22H34N6O5S. The molecule has 4 rings (SSSR count). The van der Waals surface area contributed by atoms with Gasteiger partial charge in [0.05, 0.1) is 24.5 Å². The minimum absolute atomic E-state index is 0.0250. The largest absolute Gasteiger partial charge is 0.477 e. The van der Waals surface area contributed by atoms with Crippen LogP contribution < -0.4 is 21.7 Å². The predicted octanol–water partition coefficient (Wildman–Crippen LogP) is -1.49. The number of thioether (sulfide) groups is 1. The number of nitrogens with two attached hydrogens (primary N) is 1. The van der Waals surface area contributed by atoms with Crippen molar-refractivity contribution < 1.29 is 24.3 Å². The zero-order valence-corrected chi connectivity index (χ0v) is 20.6. The Morgan fingerprint density at radius 2 is 2.09 bits per heavy atom. The van der Waals surface area contributed by atoms with E-state index < -0.39 is 17.9 Å². The number of likely N-dealkylation sites (tertiary alicyclic amines) is 1. The average Bonchev–Trinajstić information content (AvgIpc) is 3.46. The summed E-state index contributed by atoms with van der Waals surface area (Å²) in [6, 6.07) is -0.983. The summed E-state index contributed by atoms with van der Waals surface area (Å²) in [7, 11) is 1.67. The van der Waals surface area contributed by atoms with Gasteiger partial charge in [-0.3, -0.25) is 14.4 Å². The summed E-state index contributed by atoms with van der Waals surface area (Å²) in [5, 5.41) is 18.9. The second kappa shape index (κ2) is 9.84. The minimum atomic E-state index is -1.12. The van der Waals surface area contributed by atoms with Crippen molar-refractivity contribution in [2.75, 3.05) is 33.2 Å². The Kier molecular flexibility index (Phi) is 7.22. The summed E-state index contributed by atoms with van der Waals surface area (Å²) in [4.78, 5) is 53.8. The highest BCUT2D eigenvalue weighted by atomic mass is 32.2. The second-order valence-electron chi connectivity index (χ2n) is 9.69. The van der Waals surface area contributed by atoms with Crippen LogP contribution in [0.3, 0.4) is 0 Å². The van der Waals surface area contributed by atoms with Gasteiger partial charge in [0.25, 0.3) is 0 Å². The van der Waals surface area contributed by atoms with Crippen LogP contribution in [-0.2, 0) is 19.2 Å². The lowest BCUT2D eigenvalue weighted by Gasteiger charge is -2.47. The Bertz CT molecular complexity index is 912. The number of carbonyl (C=O) groups is 4. The maximum atomic E-state index is 13.0. The van der Waals surface area contributed by atoms with Crippen LogP contribution in [0, 0.1) is 11.8 Å². The number of likely N-dealkylation sites (N-methyl/N-ethyl adjacent to an activating group) is 1. The molecule has 0 aliphatic carbocycles. The molecule has 0 aromatic heterocycles. The molecule has 0 aromatic rings. The van der Waals surface area contributed by atoms with Crippen LogP contribution in [-0.4, -0.2) is 101 Å². The maximum Gasteiger partial charge on any atom is 0.353 e. The molecule has 0 aromatic carbocycles. The smallest absolute Gasteiger partial charge is 0.353 e. The summed E-state index contributed by atoms with van der Waals surface area (Å²) in [5.74, 6) is -2.20. The number of hydrogen-bond acceptors (Lipinski definition) is 8. The first-order chi connectivity index (χ1) is 16.1. The topological polar surface area (TPSA) is 157 Å². The molecule has 0 unspecified atom stereocenters. The fraction of sp³-hybridized carbons (Fsp3) is 0.727. The van der Waals surface area contributed by atoms with Gasteiger partial charge in [0.2, 0.25) is 17.7 Å². The van der Waals surface area contributed by atoms with Crippen molar-refractivity contribution in [1.29, 1.82) is 0 Å². The molecule has 3 fully saturated rings. The normalized spacial score (nSPS) is 33.7. The zero-order valence-electron chi connectivity index (χ0n) is 19.7. The lowest BCUT2D eigenvalue weighted by Crippen LogP contribution is -2.66. The van der Waals surface area contributed by atoms with Gasteiger partial charge >= 0.3 is 5.97 Å². The molecule has 0 bridgehead atoms. The molecule has 4 heterocycles. The standard InChI is InChI=1S/C22H34N6O5S/c1-10-17-16(11(2)26-15(29)8-24-3)21(31)28(17)18(22(32)33)19(10)34-13-6-14(25-7-13)20(30)27-5-4-12(23)9-27/h10-14,16-17,24-25H,4-9,23H2,1-3H3,(H,26,29)(H,32,33)/t10-,11-,12-,13+,14+,16-,17-/m1/s1. The number of β-lactam (4-membered cyclic amide) rings is 1. The van der Waals surface area contributed by atoms with E-state index in [1.165, 1.54) is 16.7 Å². The summed E-state index contributed by atoms with van der Waals surface area (Å²) >= 11 is 1.46. The Morgan fingerprint density at radius 1 is 1.35 bits per heavy atom. The number of nitrogens with zero attached hydrogens (tertiary/aromatic N) is 2. The van der Waals surface area contributed by atoms with Gasteiger partial charge in [-0.05, 0) is 26.8 Å². The van der Waals surface area contributed by atoms with Crippen LogP contribution in [0.4, 0.5) is 0 Å². The van der Waals surface area contributed by atoms with Crippen LogP contribution in [0.1, 0.15) is 26.7 Å². The number of carboxylic acids is 1. The molecular weight excluding hydrogens is 460 g/mol. The SMILES string of the molecule is CNCC(=O)N[C@H](C)[C@H]1C(=O)N2C(C(=O)O)=C(S[C@@H]3CN[C@H](C(=O)N4CC[C@@H](N)C4)C3)[C@H](C)[C@H]12. The molecule has 0 radical (unpaired) electrons. The van der Waals surface area contributed by atoms with E-state index in [2.05, 4.69) is 16.0 Å². The highest BCUT2D eigenvalue weighted by Gasteiger charge is 2.60. The van der Waals surface area contributed by atoms with E-state index in [-0.39, 0.29) is 59.3 Å². The van der Waals surface area contributed by atoms with Crippen LogP contribution in [0.5, 0.6) is 0 Å². The van der Waals surface area contributed by atoms with Crippen molar-refractivity contribution in [1.82, 2.24) is 25.8 Å². The molecule has 0 spiro atoms. The number of aliphatic carboxylic acids is 1. The number of hydrogen-bond donors (Lipinski definition) is 5. The quantitative estimate of drug-likeness (QED) is 0.254. The van der Waals surface area contributed by atoms with E-state index in [0.717, 1.165) is 6.42 Å². The van der Waals surface area contributed by atoms with E-state index >= 15 is 0 Å². The predicted molar refractivity (Wildman–Crippen MR) is 126 cm³/mol. The molecule has 188 valence electrons. The number of carboxylic acid groups (broad SMARTS) is 1. The first kappa shape index (κ1) is 25.0. The van der Waals surface area contributed by atoms with Gasteiger partial charge in [-0.1, -0.05) is 6.92 Å². The monoisotopic (exact) mass is 494 g/mol. The Balaban J connectivity index is 1.43. The molecule has 3 amide bonds. The lowest BCUT2D eigenvalue weighted by atomic mass is 9.78. The van der Waals surface area contributed by atoms with Gasteiger partial charge < -0.3 is 36.6 Å². The molecule has 34 heavy (non-hydrogen) atoms. The van der Waals surface area contributed by atoms with Crippen LogP contribution >= 0.6 is 11.8 Å². The molecule has 7 atom stereocenters. The first-order valence-electron chi connectivity index (χ1n) is 11.8. The molecule has 6 N–H and O–H groups in total. The Labute approximate surface area is 203 Å². The van der Waals surface area contributed by atoms with Crippen molar-refractivity contribution in [3.8, 4) is 0 Å². The molecule has 4 aliphatic rings. The first-order valence-corrected chi connectivity index (χ1v) is 12.7. The number of amides is 3. The number of carbonyl (C=O) groups excluding carboxylic acids is 3. The van der Waals surface area contributed by atoms with E-state index in [1.54, 1.807) is 18.9 Å². The summed E-state index contributed by atoms with van der Waals surface area (Å²) in [5.41, 5.74) is 5.97. The van der Waals surface area contributed by atoms with Gasteiger partial charge in [-0.15, -0.1) is 11.8 Å². The fourth-order valence-electron chi connectivity index (χ4n) is 5.62. The van der Waals surface area contributed by atoms with E-state index in [1.807, 2.05) is 6.92 Å². The molecule has 11 nitrogen and oxygen atoms in total. The lowest BCUT2D eigenvalue weighted by molar-refractivity contribution is -0.158. The van der Waals surface area contributed by atoms with E-state index in [9.17, 15) is 24.3 Å². The molecule has 3 saturated heterocycles. The number of rotatable bonds is 8. The third-order valence-electron chi connectivity index (χ3n) is 7.27. The maximum absolute atomic E-state index is 13.0. The van der Waals surface area contributed by atoms with Crippen LogP contribution in [0.25, 0.3) is 0 Å². The van der Waals surface area contributed by atoms with Gasteiger partial charge in [-0.25, -0.2) is 4.79 Å². The molecule has 0 saturated carbocycles. The van der Waals surface area contributed by atoms with Crippen molar-refractivity contribution in [2.45, 2.75) is 56.1 Å². The van der Waals surface area contributed by atoms with Gasteiger partial charge in [-0.2, -0.15) is 0 Å². The van der Waals surface area contributed by atoms with Gasteiger partial charge in [0.1, 0.15) is 5.70 Å². The summed E-state index contributed by atoms with van der Waals surface area (Å²) < 4.78 is 0. The summed E-state index contributed by atoms with van der Waals surface area (Å²) in [6.07, 6.45) is 1.40. The van der Waals surface area contributed by atoms with Gasteiger partial charge in [0.15, 0.2) is 0 Å². The Morgan fingerprint density at radius 3 is 2.71 bits per heavy atom. The van der Waals surface area contributed by atoms with E-state index in [4.69, 9.17) is 5.73 Å². The highest BCUT2D eigenvalue weighted by Crippen LogP contribution is 2.51. The van der Waals surface area contributed by atoms with Crippen molar-refractivity contribution >= 4 is 35.5 Å². The van der Waals surface area contributed by atoms with Crippen molar-refractivity contribution in [2.24, 2.45) is 17.6 Å². The van der Waals surface area contributed by atoms with Crippen LogP contribution in [0.15, 0.2) is 10.6 Å². The molecule has 12 heteroatoms. The third kappa shape index (κ3) is 4.43. The number of nitrogens with one attached hydrogen (secondary N) is 3. The Hall–Kier alpha value is -2.15. The third-order valence-corrected chi connectivity index (χ3v) is 8.79. The summed E-state index contributed by atoms with van der Waals surface area (Å²) in [6.45, 7) is 5.70. The van der Waals surface area contributed by atoms with Gasteiger partial charge in [0, 0.05) is 47.8 Å². The molecule has 4 aliphatic heterocycles. The van der Waals surface area contributed by atoms with Crippen molar-refractivity contribution in [3.63, 3.8) is 0 Å². The highest BCUT2D eigenvalue weighted by molar-refractivity contribution is 8.03. The fourth-order valence-corrected chi connectivity index (χ4v) is 7.10. The van der Waals surface area contributed by atoms with E-state index in [0.29, 0.717) is 31.0 Å². The zero-order chi connectivity index (χ0) is 24.7. The second-order valence-corrected chi connectivity index (χ2v) is 11.0. The van der Waals surface area contributed by atoms with Crippen LogP contribution in [0.2, 0.25) is 0 Å². The minimum Gasteiger partial charge on any atom is -0.477 e.